The summed E-state index contributed by atoms with van der Waals surface area (Å²) >= 11 is 0. The lowest BCUT2D eigenvalue weighted by Gasteiger charge is -2.22. The minimum Gasteiger partial charge on any atom is -0.453 e. The number of hydrogen-bond acceptors (Lipinski definition) is 4. The summed E-state index contributed by atoms with van der Waals surface area (Å²) in [6.45, 7) is 9.02. The maximum Gasteiger partial charge on any atom is 0.182 e. The molecule has 182 valence electrons. The predicted octanol–water partition coefficient (Wildman–Crippen LogP) is 8.98. The number of nitrogens with zero attached hydrogens (tertiary/aromatic N) is 3. The van der Waals surface area contributed by atoms with Gasteiger partial charge in [-0.3, -0.25) is 4.57 Å². The molecule has 3 heterocycles. The molecule has 0 aliphatic carbocycles. The van der Waals surface area contributed by atoms with Gasteiger partial charge in [0.15, 0.2) is 23.1 Å². The molecule has 0 unspecified atom stereocenters. The maximum atomic E-state index is 6.58. The fraction of sp³-hybridized carbons (Fsp3) is 0.188. The van der Waals surface area contributed by atoms with Gasteiger partial charge < -0.3 is 8.83 Å². The number of aromatic nitrogens is 3. The van der Waals surface area contributed by atoms with Crippen molar-refractivity contribution in [1.82, 2.24) is 14.5 Å². The molecule has 0 saturated heterocycles. The third-order valence-electron chi connectivity index (χ3n) is 7.33. The number of hydrogen-bond donors (Lipinski definition) is 0. The van der Waals surface area contributed by atoms with Crippen LogP contribution in [0.2, 0.25) is 0 Å². The Labute approximate surface area is 214 Å². The van der Waals surface area contributed by atoms with Gasteiger partial charge >= 0.3 is 0 Å². The topological polar surface area (TPSA) is 57.0 Å². The van der Waals surface area contributed by atoms with Gasteiger partial charge in [-0.25, -0.2) is 9.97 Å². The average Bonchev–Trinajstić information content (AvgIpc) is 3.62. The normalized spacial score (nSPS) is 12.3. The monoisotopic (exact) mass is 485 g/mol. The number of furan rings is 1. The summed E-state index contributed by atoms with van der Waals surface area (Å²) < 4.78 is 14.5. The summed E-state index contributed by atoms with van der Waals surface area (Å²) in [6, 6.07) is 25.3. The molecule has 0 N–H and O–H groups in total. The van der Waals surface area contributed by atoms with Crippen molar-refractivity contribution in [2.75, 3.05) is 0 Å². The van der Waals surface area contributed by atoms with E-state index in [0.717, 1.165) is 49.9 Å². The van der Waals surface area contributed by atoms with Crippen LogP contribution < -0.4 is 0 Å². The van der Waals surface area contributed by atoms with E-state index in [1.807, 2.05) is 18.2 Å². The first-order valence-corrected chi connectivity index (χ1v) is 12.8. The molecular weight excluding hydrogens is 458 g/mol. The molecule has 3 aromatic heterocycles. The first-order valence-electron chi connectivity index (χ1n) is 12.8. The molecule has 0 fully saturated rings. The van der Waals surface area contributed by atoms with E-state index < -0.39 is 0 Å². The van der Waals surface area contributed by atoms with Crippen LogP contribution >= 0.6 is 0 Å². The minimum absolute atomic E-state index is 0.352. The van der Waals surface area contributed by atoms with E-state index in [4.69, 9.17) is 13.8 Å². The molecule has 0 aliphatic rings. The number of rotatable bonds is 4. The lowest BCUT2D eigenvalue weighted by atomic mass is 9.92. The van der Waals surface area contributed by atoms with E-state index >= 15 is 0 Å². The van der Waals surface area contributed by atoms with Crippen molar-refractivity contribution in [3.05, 3.63) is 90.3 Å². The lowest BCUT2D eigenvalue weighted by molar-refractivity contribution is 0.602. The number of oxazole rings is 1. The molecule has 0 radical (unpaired) electrons. The van der Waals surface area contributed by atoms with Crippen molar-refractivity contribution in [2.45, 2.75) is 39.5 Å². The Hall–Kier alpha value is -4.38. The van der Waals surface area contributed by atoms with E-state index in [1.165, 1.54) is 23.2 Å². The molecule has 5 heteroatoms. The SMILES string of the molecule is CC(C)c1cccc(C(C)C)c1-n1c(-c2cccc3c2oc2c3ccc3ocnc32)nc2ccccc21. The van der Waals surface area contributed by atoms with Crippen molar-refractivity contribution in [3.8, 4) is 17.1 Å². The van der Waals surface area contributed by atoms with Crippen LogP contribution in [0.3, 0.4) is 0 Å². The van der Waals surface area contributed by atoms with Crippen molar-refractivity contribution in [2.24, 2.45) is 0 Å². The average molecular weight is 486 g/mol. The zero-order valence-corrected chi connectivity index (χ0v) is 21.3. The minimum atomic E-state index is 0.352. The first-order chi connectivity index (χ1) is 18.0. The Morgan fingerprint density at radius 1 is 0.730 bits per heavy atom. The highest BCUT2D eigenvalue weighted by Gasteiger charge is 2.24. The highest BCUT2D eigenvalue weighted by Crippen LogP contribution is 2.41. The summed E-state index contributed by atoms with van der Waals surface area (Å²) in [7, 11) is 0. The highest BCUT2D eigenvalue weighted by molar-refractivity contribution is 6.15. The summed E-state index contributed by atoms with van der Waals surface area (Å²) in [5.74, 6) is 1.58. The molecule has 5 nitrogen and oxygen atoms in total. The van der Waals surface area contributed by atoms with E-state index in [9.17, 15) is 0 Å². The summed E-state index contributed by atoms with van der Waals surface area (Å²) in [4.78, 5) is 9.63. The van der Waals surface area contributed by atoms with Crippen LogP contribution in [-0.2, 0) is 0 Å². The first kappa shape index (κ1) is 21.9. The molecule has 0 amide bonds. The number of benzene rings is 4. The second-order valence-corrected chi connectivity index (χ2v) is 10.3. The van der Waals surface area contributed by atoms with Crippen LogP contribution in [0.15, 0.2) is 88.0 Å². The fourth-order valence-corrected chi connectivity index (χ4v) is 5.56. The van der Waals surface area contributed by atoms with Gasteiger partial charge in [0, 0.05) is 10.8 Å². The van der Waals surface area contributed by atoms with Crippen LogP contribution in [0.1, 0.15) is 50.7 Å². The highest BCUT2D eigenvalue weighted by atomic mass is 16.3. The molecule has 7 aromatic rings. The van der Waals surface area contributed by atoms with Crippen LogP contribution in [0.25, 0.3) is 61.1 Å². The summed E-state index contributed by atoms with van der Waals surface area (Å²) in [6.07, 6.45) is 1.47. The quantitative estimate of drug-likeness (QED) is 0.250. The number of imidazole rings is 1. The van der Waals surface area contributed by atoms with E-state index in [2.05, 4.69) is 91.8 Å². The zero-order chi connectivity index (χ0) is 25.3. The summed E-state index contributed by atoms with van der Waals surface area (Å²) in [5.41, 5.74) is 9.80. The molecule has 4 aromatic carbocycles. The van der Waals surface area contributed by atoms with E-state index in [0.29, 0.717) is 17.4 Å². The summed E-state index contributed by atoms with van der Waals surface area (Å²) in [5, 5.41) is 2.06. The largest absolute Gasteiger partial charge is 0.453 e. The Bertz CT molecular complexity index is 1930. The zero-order valence-electron chi connectivity index (χ0n) is 21.3. The van der Waals surface area contributed by atoms with E-state index in [1.54, 1.807) is 0 Å². The standard InChI is InChI=1S/C32H27N3O2/c1-18(2)20-9-7-10-21(19(3)4)29(20)35-26-14-6-5-13-25(26)34-32(35)24-12-8-11-22-23-15-16-27-28(33-17-36-27)31(23)37-30(22)24/h5-19H,1-4H3. The van der Waals surface area contributed by atoms with Gasteiger partial charge in [0.25, 0.3) is 0 Å². The lowest BCUT2D eigenvalue weighted by Crippen LogP contribution is -2.08. The molecule has 0 spiro atoms. The van der Waals surface area contributed by atoms with Gasteiger partial charge in [-0.1, -0.05) is 70.2 Å². The maximum absolute atomic E-state index is 6.58. The van der Waals surface area contributed by atoms with Crippen LogP contribution in [0, 0.1) is 0 Å². The van der Waals surface area contributed by atoms with Crippen molar-refractivity contribution in [1.29, 1.82) is 0 Å². The van der Waals surface area contributed by atoms with Gasteiger partial charge in [-0.15, -0.1) is 0 Å². The predicted molar refractivity (Wildman–Crippen MR) is 150 cm³/mol. The van der Waals surface area contributed by atoms with Gasteiger partial charge in [0.2, 0.25) is 0 Å². The Balaban J connectivity index is 1.62. The molecule has 0 aliphatic heterocycles. The Morgan fingerprint density at radius 3 is 2.24 bits per heavy atom. The molecule has 0 saturated carbocycles. The van der Waals surface area contributed by atoms with Crippen molar-refractivity contribution in [3.63, 3.8) is 0 Å². The molecule has 0 bridgehead atoms. The Morgan fingerprint density at radius 2 is 1.46 bits per heavy atom. The third-order valence-corrected chi connectivity index (χ3v) is 7.33. The van der Waals surface area contributed by atoms with Gasteiger partial charge in [-0.2, -0.15) is 0 Å². The van der Waals surface area contributed by atoms with Gasteiger partial charge in [0.1, 0.15) is 11.4 Å². The molecule has 7 rings (SSSR count). The number of para-hydroxylation sites is 4. The molecule has 37 heavy (non-hydrogen) atoms. The second kappa shape index (κ2) is 8.07. The van der Waals surface area contributed by atoms with E-state index in [-0.39, 0.29) is 0 Å². The smallest absolute Gasteiger partial charge is 0.182 e. The number of fused-ring (bicyclic) bond motifs is 6. The second-order valence-electron chi connectivity index (χ2n) is 10.3. The third kappa shape index (κ3) is 3.17. The molecular formula is C32H27N3O2. The molecule has 0 atom stereocenters. The Kier molecular flexibility index (Phi) is 4.77. The van der Waals surface area contributed by atoms with Crippen LogP contribution in [0.4, 0.5) is 0 Å². The van der Waals surface area contributed by atoms with Crippen LogP contribution in [0.5, 0.6) is 0 Å². The fourth-order valence-electron chi connectivity index (χ4n) is 5.56. The van der Waals surface area contributed by atoms with Crippen molar-refractivity contribution < 1.29 is 8.83 Å². The van der Waals surface area contributed by atoms with Gasteiger partial charge in [0.05, 0.1) is 22.3 Å². The van der Waals surface area contributed by atoms with Gasteiger partial charge in [-0.05, 0) is 53.3 Å². The van der Waals surface area contributed by atoms with Crippen LogP contribution in [-0.4, -0.2) is 14.5 Å². The van der Waals surface area contributed by atoms with Crippen molar-refractivity contribution >= 4 is 44.1 Å².